The summed E-state index contributed by atoms with van der Waals surface area (Å²) < 4.78 is 1.74. The lowest BCUT2D eigenvalue weighted by molar-refractivity contribution is -0.00370. The zero-order valence-electron chi connectivity index (χ0n) is 9.59. The molecule has 3 N–H and O–H groups in total. The molecule has 1 aliphatic carbocycles. The number of nitrogens with zero attached hydrogens (tertiary/aromatic N) is 4. The Morgan fingerprint density at radius 3 is 2.83 bits per heavy atom. The molecule has 3 rings (SSSR count). The summed E-state index contributed by atoms with van der Waals surface area (Å²) in [6, 6.07) is -0.322. The van der Waals surface area contributed by atoms with Crippen molar-refractivity contribution in [3.63, 3.8) is 0 Å². The van der Waals surface area contributed by atoms with E-state index in [4.69, 9.17) is 5.11 Å². The van der Waals surface area contributed by atoms with Crippen LogP contribution in [0.1, 0.15) is 12.5 Å². The normalized spacial score (nSPS) is 32.2. The highest BCUT2D eigenvalue weighted by Gasteiger charge is 2.42. The van der Waals surface area contributed by atoms with E-state index in [1.807, 2.05) is 0 Å². The van der Waals surface area contributed by atoms with Gasteiger partial charge in [-0.25, -0.2) is 15.0 Å². The third-order valence-corrected chi connectivity index (χ3v) is 3.60. The Bertz CT molecular complexity index is 558. The van der Waals surface area contributed by atoms with Gasteiger partial charge >= 0.3 is 0 Å². The van der Waals surface area contributed by atoms with Gasteiger partial charge in [-0.1, -0.05) is 0 Å². The van der Waals surface area contributed by atoms with Gasteiger partial charge in [-0.2, -0.15) is 0 Å². The van der Waals surface area contributed by atoms with E-state index in [1.165, 1.54) is 6.33 Å². The summed E-state index contributed by atoms with van der Waals surface area (Å²) >= 11 is 0. The highest BCUT2D eigenvalue weighted by molar-refractivity contribution is 5.69. The van der Waals surface area contributed by atoms with Gasteiger partial charge in [-0.3, -0.25) is 0 Å². The number of rotatable bonds is 2. The molecule has 1 aliphatic rings. The predicted molar refractivity (Wildman–Crippen MR) is 61.6 cm³/mol. The molecule has 2 aromatic rings. The number of aliphatic hydroxyl groups is 3. The molecule has 1 fully saturated rings. The summed E-state index contributed by atoms with van der Waals surface area (Å²) in [6.07, 6.45) is 3.25. The molecular formula is C11H14N4O3. The van der Waals surface area contributed by atoms with E-state index in [9.17, 15) is 10.2 Å². The van der Waals surface area contributed by atoms with Crippen LogP contribution < -0.4 is 0 Å². The average molecular weight is 250 g/mol. The lowest BCUT2D eigenvalue weighted by atomic mass is 10.1. The summed E-state index contributed by atoms with van der Waals surface area (Å²) in [5, 5.41) is 29.0. The van der Waals surface area contributed by atoms with Gasteiger partial charge in [0.1, 0.15) is 17.9 Å². The largest absolute Gasteiger partial charge is 0.396 e. The van der Waals surface area contributed by atoms with Crippen LogP contribution in [0.4, 0.5) is 0 Å². The second-order valence-electron chi connectivity index (χ2n) is 4.61. The Morgan fingerprint density at radius 1 is 1.28 bits per heavy atom. The highest BCUT2D eigenvalue weighted by Crippen LogP contribution is 2.36. The fourth-order valence-electron chi connectivity index (χ4n) is 2.58. The number of hydrogen-bond donors (Lipinski definition) is 3. The van der Waals surface area contributed by atoms with Gasteiger partial charge in [-0.15, -0.1) is 0 Å². The Labute approximate surface area is 103 Å². The first kappa shape index (κ1) is 11.5. The maximum Gasteiger partial charge on any atom is 0.163 e. The van der Waals surface area contributed by atoms with Crippen LogP contribution in [0.15, 0.2) is 18.9 Å². The van der Waals surface area contributed by atoms with Crippen LogP contribution in [0.5, 0.6) is 0 Å². The predicted octanol–water partition coefficient (Wildman–Crippen LogP) is -0.899. The van der Waals surface area contributed by atoms with Crippen molar-refractivity contribution in [1.82, 2.24) is 19.5 Å². The van der Waals surface area contributed by atoms with E-state index in [0.717, 1.165) is 0 Å². The molecular weight excluding hydrogens is 236 g/mol. The number of imidazole rings is 1. The fourth-order valence-corrected chi connectivity index (χ4v) is 2.58. The van der Waals surface area contributed by atoms with Crippen molar-refractivity contribution in [3.05, 3.63) is 18.9 Å². The van der Waals surface area contributed by atoms with Gasteiger partial charge in [0.25, 0.3) is 0 Å². The number of aromatic nitrogens is 4. The summed E-state index contributed by atoms with van der Waals surface area (Å²) in [5.74, 6) is -0.315. The SMILES string of the molecule is OC[C@H]1C[C@@H](n2cnc3cncnc32)[C@H](O)[C@@H]1O. The second kappa shape index (κ2) is 4.27. The van der Waals surface area contributed by atoms with Gasteiger partial charge < -0.3 is 19.9 Å². The zero-order chi connectivity index (χ0) is 12.7. The lowest BCUT2D eigenvalue weighted by Gasteiger charge is -2.18. The number of hydrogen-bond acceptors (Lipinski definition) is 6. The van der Waals surface area contributed by atoms with Gasteiger partial charge in [0.05, 0.1) is 24.7 Å². The summed E-state index contributed by atoms with van der Waals surface area (Å²) in [5.41, 5.74) is 1.27. The minimum atomic E-state index is -0.922. The Hall–Kier alpha value is -1.57. The van der Waals surface area contributed by atoms with E-state index in [0.29, 0.717) is 17.6 Å². The van der Waals surface area contributed by atoms with Gasteiger partial charge in [0.2, 0.25) is 0 Å². The molecule has 7 heteroatoms. The molecule has 0 amide bonds. The minimum absolute atomic E-state index is 0.143. The molecule has 0 bridgehead atoms. The van der Waals surface area contributed by atoms with Crippen molar-refractivity contribution in [2.75, 3.05) is 6.61 Å². The summed E-state index contributed by atoms with van der Waals surface area (Å²) in [4.78, 5) is 12.2. The smallest absolute Gasteiger partial charge is 0.163 e. The molecule has 96 valence electrons. The third kappa shape index (κ3) is 1.59. The van der Waals surface area contributed by atoms with Crippen LogP contribution in [-0.2, 0) is 0 Å². The van der Waals surface area contributed by atoms with Crippen molar-refractivity contribution in [3.8, 4) is 0 Å². The molecule has 0 aliphatic heterocycles. The lowest BCUT2D eigenvalue weighted by Crippen LogP contribution is -2.30. The van der Waals surface area contributed by atoms with Crippen molar-refractivity contribution >= 4 is 11.2 Å². The molecule has 0 spiro atoms. The molecule has 0 radical (unpaired) electrons. The molecule has 0 saturated heterocycles. The van der Waals surface area contributed by atoms with Crippen LogP contribution in [0, 0.1) is 5.92 Å². The number of fused-ring (bicyclic) bond motifs is 1. The molecule has 2 aromatic heterocycles. The topological polar surface area (TPSA) is 104 Å². The monoisotopic (exact) mass is 250 g/mol. The molecule has 18 heavy (non-hydrogen) atoms. The Morgan fingerprint density at radius 2 is 2.11 bits per heavy atom. The van der Waals surface area contributed by atoms with Crippen LogP contribution in [0.25, 0.3) is 11.2 Å². The number of aliphatic hydroxyl groups excluding tert-OH is 3. The highest BCUT2D eigenvalue weighted by atomic mass is 16.3. The first-order valence-electron chi connectivity index (χ1n) is 5.82. The third-order valence-electron chi connectivity index (χ3n) is 3.60. The van der Waals surface area contributed by atoms with Crippen LogP contribution >= 0.6 is 0 Å². The van der Waals surface area contributed by atoms with Gasteiger partial charge in [0, 0.05) is 12.5 Å². The second-order valence-corrected chi connectivity index (χ2v) is 4.61. The van der Waals surface area contributed by atoms with Crippen LogP contribution in [0.3, 0.4) is 0 Å². The average Bonchev–Trinajstić information content (AvgIpc) is 2.93. The Kier molecular flexibility index (Phi) is 2.73. The van der Waals surface area contributed by atoms with E-state index < -0.39 is 12.2 Å². The van der Waals surface area contributed by atoms with Crippen molar-refractivity contribution in [1.29, 1.82) is 0 Å². The van der Waals surface area contributed by atoms with E-state index >= 15 is 0 Å². The van der Waals surface area contributed by atoms with Crippen molar-refractivity contribution in [2.24, 2.45) is 5.92 Å². The maximum atomic E-state index is 10.0. The standard InChI is InChI=1S/C11H14N4O3/c16-3-6-1-8(10(18)9(6)17)15-5-14-7-2-12-4-13-11(7)15/h2,4-6,8-10,16-18H,1,3H2/t6-,8-,9-,10+/m1/s1. The van der Waals surface area contributed by atoms with Gasteiger partial charge in [-0.05, 0) is 6.42 Å². The molecule has 0 unspecified atom stereocenters. The maximum absolute atomic E-state index is 10.0. The van der Waals surface area contributed by atoms with Crippen LogP contribution in [-0.4, -0.2) is 53.7 Å². The minimum Gasteiger partial charge on any atom is -0.396 e. The van der Waals surface area contributed by atoms with E-state index in [1.54, 1.807) is 17.1 Å². The summed E-state index contributed by atoms with van der Waals surface area (Å²) in [6.45, 7) is -0.143. The Balaban J connectivity index is 2.00. The van der Waals surface area contributed by atoms with Gasteiger partial charge in [0.15, 0.2) is 5.65 Å². The van der Waals surface area contributed by atoms with Crippen molar-refractivity contribution < 1.29 is 15.3 Å². The molecule has 1 saturated carbocycles. The first-order valence-corrected chi connectivity index (χ1v) is 5.82. The zero-order valence-corrected chi connectivity index (χ0v) is 9.59. The first-order chi connectivity index (χ1) is 8.72. The molecule has 2 heterocycles. The molecule has 4 atom stereocenters. The van der Waals surface area contributed by atoms with E-state index in [-0.39, 0.29) is 18.6 Å². The molecule has 0 aromatic carbocycles. The van der Waals surface area contributed by atoms with E-state index in [2.05, 4.69) is 15.0 Å². The molecule has 7 nitrogen and oxygen atoms in total. The summed E-state index contributed by atoms with van der Waals surface area (Å²) in [7, 11) is 0. The fraction of sp³-hybridized carbons (Fsp3) is 0.545. The quantitative estimate of drug-likeness (QED) is 0.638. The van der Waals surface area contributed by atoms with Crippen LogP contribution in [0.2, 0.25) is 0 Å². The van der Waals surface area contributed by atoms with Crippen molar-refractivity contribution in [2.45, 2.75) is 24.7 Å².